The van der Waals surface area contributed by atoms with Crippen molar-refractivity contribution in [1.82, 2.24) is 19.6 Å². The molecule has 3 heterocycles. The van der Waals surface area contributed by atoms with Gasteiger partial charge in [0.25, 0.3) is 5.78 Å². The Balaban J connectivity index is 2.02. The number of hydrogen-bond acceptors (Lipinski definition) is 4. The van der Waals surface area contributed by atoms with Crippen LogP contribution in [-0.2, 0) is 0 Å². The Morgan fingerprint density at radius 2 is 2.41 bits per heavy atom. The molecule has 1 atom stereocenters. The van der Waals surface area contributed by atoms with Crippen molar-refractivity contribution in [2.24, 2.45) is 5.92 Å². The second-order valence-electron chi connectivity index (χ2n) is 4.48. The highest BCUT2D eigenvalue weighted by Crippen LogP contribution is 2.25. The molecule has 0 bridgehead atoms. The lowest BCUT2D eigenvalue weighted by atomic mass is 10.2. The summed E-state index contributed by atoms with van der Waals surface area (Å²) in [6.45, 7) is 4.15. The molecule has 1 aliphatic heterocycles. The van der Waals surface area contributed by atoms with Gasteiger partial charge in [-0.2, -0.15) is 14.6 Å². The first-order valence-electron chi connectivity index (χ1n) is 5.76. The highest BCUT2D eigenvalue weighted by Gasteiger charge is 2.24. The summed E-state index contributed by atoms with van der Waals surface area (Å²) in [6, 6.07) is 2.08. The van der Waals surface area contributed by atoms with Gasteiger partial charge in [0.15, 0.2) is 0 Å². The summed E-state index contributed by atoms with van der Waals surface area (Å²) in [5, 5.41) is 5.31. The number of aryl methyl sites for hydroxylation is 1. The summed E-state index contributed by atoms with van der Waals surface area (Å²) in [6.07, 6.45) is 2.78. The van der Waals surface area contributed by atoms with Gasteiger partial charge in [0.05, 0.1) is 0 Å². The summed E-state index contributed by atoms with van der Waals surface area (Å²) in [5.74, 6) is 2.51. The molecule has 1 aliphatic rings. The Labute approximate surface area is 108 Å². The molecule has 0 N–H and O–H groups in total. The van der Waals surface area contributed by atoms with Crippen LogP contribution in [0.3, 0.4) is 0 Å². The number of rotatable bonds is 2. The normalized spacial score (nSPS) is 20.4. The van der Waals surface area contributed by atoms with Crippen molar-refractivity contribution in [2.75, 3.05) is 23.3 Å². The van der Waals surface area contributed by atoms with Crippen molar-refractivity contribution in [3.63, 3.8) is 0 Å². The van der Waals surface area contributed by atoms with E-state index in [1.54, 1.807) is 6.33 Å². The van der Waals surface area contributed by atoms with E-state index < -0.39 is 0 Å². The second-order valence-corrected chi connectivity index (χ2v) is 5.13. The zero-order chi connectivity index (χ0) is 11.8. The number of hydrogen-bond donors (Lipinski definition) is 0. The summed E-state index contributed by atoms with van der Waals surface area (Å²) in [4.78, 5) is 10.9. The molecule has 0 saturated carbocycles. The van der Waals surface area contributed by atoms with E-state index in [9.17, 15) is 0 Å². The Morgan fingerprint density at radius 3 is 3.18 bits per heavy atom. The third-order valence-corrected chi connectivity index (χ3v) is 4.10. The van der Waals surface area contributed by atoms with Gasteiger partial charge < -0.3 is 4.90 Å². The minimum atomic E-state index is 0.683. The number of aromatic nitrogens is 4. The molecule has 17 heavy (non-hydrogen) atoms. The molecule has 5 nitrogen and oxygen atoms in total. The van der Waals surface area contributed by atoms with Crippen LogP contribution in [0.15, 0.2) is 12.4 Å². The van der Waals surface area contributed by atoms with Crippen LogP contribution >= 0.6 is 15.9 Å². The highest BCUT2D eigenvalue weighted by atomic mass is 79.9. The van der Waals surface area contributed by atoms with E-state index in [1.165, 1.54) is 6.42 Å². The molecule has 1 unspecified atom stereocenters. The van der Waals surface area contributed by atoms with Crippen molar-refractivity contribution in [1.29, 1.82) is 0 Å². The Kier molecular flexibility index (Phi) is 2.74. The summed E-state index contributed by atoms with van der Waals surface area (Å²) < 4.78 is 1.82. The van der Waals surface area contributed by atoms with E-state index in [1.807, 2.05) is 11.4 Å². The fraction of sp³-hybridized carbons (Fsp3) is 0.545. The average Bonchev–Trinajstić information content (AvgIpc) is 2.95. The maximum absolute atomic E-state index is 4.36. The topological polar surface area (TPSA) is 46.3 Å². The molecule has 3 rings (SSSR count). The van der Waals surface area contributed by atoms with Crippen molar-refractivity contribution < 1.29 is 0 Å². The molecule has 2 aromatic heterocycles. The number of fused-ring (bicyclic) bond motifs is 1. The van der Waals surface area contributed by atoms with Crippen LogP contribution in [0.1, 0.15) is 12.1 Å². The molecule has 0 aliphatic carbocycles. The lowest BCUT2D eigenvalue weighted by Gasteiger charge is -2.19. The SMILES string of the molecule is Cc1cc(N2CCC(CBr)C2)n2ncnc2n1. The van der Waals surface area contributed by atoms with Crippen LogP contribution in [0.2, 0.25) is 0 Å². The predicted octanol–water partition coefficient (Wildman–Crippen LogP) is 1.65. The molecule has 2 aromatic rings. The van der Waals surface area contributed by atoms with Crippen LogP contribution in [0, 0.1) is 12.8 Å². The van der Waals surface area contributed by atoms with Gasteiger partial charge in [-0.25, -0.2) is 4.98 Å². The Bertz CT molecular complexity index is 538. The van der Waals surface area contributed by atoms with E-state index >= 15 is 0 Å². The van der Waals surface area contributed by atoms with Gasteiger partial charge in [-0.05, 0) is 19.3 Å². The number of nitrogens with zero attached hydrogens (tertiary/aromatic N) is 5. The summed E-state index contributed by atoms with van der Waals surface area (Å²) in [5.41, 5.74) is 0.989. The quantitative estimate of drug-likeness (QED) is 0.791. The monoisotopic (exact) mass is 295 g/mol. The maximum atomic E-state index is 4.36. The van der Waals surface area contributed by atoms with E-state index in [-0.39, 0.29) is 0 Å². The summed E-state index contributed by atoms with van der Waals surface area (Å²) >= 11 is 3.56. The van der Waals surface area contributed by atoms with Gasteiger partial charge in [-0.3, -0.25) is 0 Å². The van der Waals surface area contributed by atoms with Crippen LogP contribution in [0.4, 0.5) is 5.82 Å². The Morgan fingerprint density at radius 1 is 1.53 bits per heavy atom. The lowest BCUT2D eigenvalue weighted by molar-refractivity contribution is 0.674. The first-order valence-corrected chi connectivity index (χ1v) is 6.88. The van der Waals surface area contributed by atoms with Crippen LogP contribution in [-0.4, -0.2) is 38.0 Å². The molecule has 0 spiro atoms. The van der Waals surface area contributed by atoms with Gasteiger partial charge in [0, 0.05) is 30.2 Å². The lowest BCUT2D eigenvalue weighted by Crippen LogP contribution is -2.23. The number of halogens is 1. The van der Waals surface area contributed by atoms with Crippen LogP contribution in [0.25, 0.3) is 5.78 Å². The predicted molar refractivity (Wildman–Crippen MR) is 69.6 cm³/mol. The second kappa shape index (κ2) is 4.25. The number of alkyl halides is 1. The van der Waals surface area contributed by atoms with Crippen molar-refractivity contribution in [3.8, 4) is 0 Å². The summed E-state index contributed by atoms with van der Waals surface area (Å²) in [7, 11) is 0. The largest absolute Gasteiger partial charge is 0.356 e. The van der Waals surface area contributed by atoms with Gasteiger partial charge in [-0.1, -0.05) is 15.9 Å². The molecule has 0 radical (unpaired) electrons. The smallest absolute Gasteiger partial charge is 0.254 e. The highest BCUT2D eigenvalue weighted by molar-refractivity contribution is 9.09. The Hall–Kier alpha value is -1.17. The third-order valence-electron chi connectivity index (χ3n) is 3.19. The van der Waals surface area contributed by atoms with E-state index in [0.717, 1.165) is 35.8 Å². The minimum absolute atomic E-state index is 0.683. The van der Waals surface area contributed by atoms with Crippen molar-refractivity contribution in [2.45, 2.75) is 13.3 Å². The molecule has 0 aromatic carbocycles. The standard InChI is InChI=1S/C11H14BrN5/c1-8-4-10(16-3-2-9(5-12)6-16)17-11(15-8)13-7-14-17/h4,7,9H,2-3,5-6H2,1H3. The molecule has 1 fully saturated rings. The third kappa shape index (κ3) is 1.90. The fourth-order valence-electron chi connectivity index (χ4n) is 2.30. The van der Waals surface area contributed by atoms with Crippen LogP contribution in [0.5, 0.6) is 0 Å². The molecular weight excluding hydrogens is 282 g/mol. The first kappa shape index (κ1) is 11.0. The molecule has 6 heteroatoms. The van der Waals surface area contributed by atoms with Crippen molar-refractivity contribution in [3.05, 3.63) is 18.1 Å². The first-order chi connectivity index (χ1) is 8.28. The number of anilines is 1. The minimum Gasteiger partial charge on any atom is -0.356 e. The van der Waals surface area contributed by atoms with E-state index in [4.69, 9.17) is 0 Å². The van der Waals surface area contributed by atoms with Gasteiger partial charge in [0.1, 0.15) is 12.1 Å². The zero-order valence-corrected chi connectivity index (χ0v) is 11.3. The van der Waals surface area contributed by atoms with Gasteiger partial charge >= 0.3 is 0 Å². The van der Waals surface area contributed by atoms with E-state index in [0.29, 0.717) is 5.78 Å². The molecule has 90 valence electrons. The molecule has 0 amide bonds. The maximum Gasteiger partial charge on any atom is 0.254 e. The van der Waals surface area contributed by atoms with Crippen molar-refractivity contribution >= 4 is 27.5 Å². The molecular formula is C11H14BrN5. The van der Waals surface area contributed by atoms with Gasteiger partial charge in [0.2, 0.25) is 0 Å². The zero-order valence-electron chi connectivity index (χ0n) is 9.67. The van der Waals surface area contributed by atoms with Gasteiger partial charge in [-0.15, -0.1) is 0 Å². The van der Waals surface area contributed by atoms with Crippen LogP contribution < -0.4 is 4.90 Å². The average molecular weight is 296 g/mol. The van der Waals surface area contributed by atoms with E-state index in [2.05, 4.69) is 42.0 Å². The molecule has 1 saturated heterocycles. The fourth-order valence-corrected chi connectivity index (χ4v) is 2.83.